The number of fused-ring (bicyclic) bond motifs is 1. The average Bonchev–Trinajstić information content (AvgIpc) is 2.94. The van der Waals surface area contributed by atoms with Gasteiger partial charge in [0.25, 0.3) is 5.91 Å². The Hall–Kier alpha value is -4.51. The van der Waals surface area contributed by atoms with E-state index >= 15 is 0 Å². The standard InChI is InChI=1S/C28H27F2N5O4/c29-18-33-17-25(37)34-24(35(33)28(39)31-14-19-8-12-23(36)13-9-19)16-32(15-20-6-10-22(30)11-7-20)27(38)26(34)21-4-2-1-3-5-21/h1-13,24,26,36H,14-18H2,(H,31,39)/t24-,26-/m0/s1. The van der Waals surface area contributed by atoms with Gasteiger partial charge in [-0.1, -0.05) is 54.6 Å². The lowest BCUT2D eigenvalue weighted by Gasteiger charge is -2.54. The summed E-state index contributed by atoms with van der Waals surface area (Å²) in [4.78, 5) is 43.5. The Morgan fingerprint density at radius 1 is 0.949 bits per heavy atom. The fourth-order valence-corrected chi connectivity index (χ4v) is 4.97. The molecule has 0 aliphatic carbocycles. The number of carbonyl (C=O) groups is 3. The van der Waals surface area contributed by atoms with Crippen molar-refractivity contribution >= 4 is 17.8 Å². The predicted octanol–water partition coefficient (Wildman–Crippen LogP) is 3.14. The van der Waals surface area contributed by atoms with Crippen molar-refractivity contribution in [2.45, 2.75) is 25.3 Å². The van der Waals surface area contributed by atoms with E-state index < -0.39 is 43.3 Å². The van der Waals surface area contributed by atoms with Crippen molar-refractivity contribution in [2.24, 2.45) is 0 Å². The van der Waals surface area contributed by atoms with Gasteiger partial charge in [0.05, 0.1) is 6.54 Å². The highest BCUT2D eigenvalue weighted by Gasteiger charge is 2.52. The second-order valence-electron chi connectivity index (χ2n) is 9.39. The third-order valence-corrected chi connectivity index (χ3v) is 6.85. The number of amides is 4. The molecular weight excluding hydrogens is 508 g/mol. The number of piperazine rings is 1. The molecule has 0 aromatic heterocycles. The van der Waals surface area contributed by atoms with Crippen molar-refractivity contribution in [1.29, 1.82) is 0 Å². The zero-order valence-corrected chi connectivity index (χ0v) is 20.9. The smallest absolute Gasteiger partial charge is 0.334 e. The van der Waals surface area contributed by atoms with Gasteiger partial charge in [-0.2, -0.15) is 5.01 Å². The van der Waals surface area contributed by atoms with Gasteiger partial charge in [-0.15, -0.1) is 0 Å². The monoisotopic (exact) mass is 535 g/mol. The van der Waals surface area contributed by atoms with Crippen LogP contribution in [-0.4, -0.2) is 68.8 Å². The maximum absolute atomic E-state index is 14.2. The molecule has 2 fully saturated rings. The molecule has 0 saturated carbocycles. The van der Waals surface area contributed by atoms with E-state index in [1.165, 1.54) is 34.1 Å². The molecule has 0 radical (unpaired) electrons. The van der Waals surface area contributed by atoms with E-state index in [0.717, 1.165) is 10.0 Å². The lowest BCUT2D eigenvalue weighted by molar-refractivity contribution is -0.196. The molecule has 0 spiro atoms. The number of nitrogens with zero attached hydrogens (tertiary/aromatic N) is 4. The number of alkyl halides is 1. The Bertz CT molecular complexity index is 1340. The van der Waals surface area contributed by atoms with Crippen LogP contribution in [-0.2, 0) is 22.7 Å². The first-order valence-corrected chi connectivity index (χ1v) is 12.4. The number of phenolic OH excluding ortho intramolecular Hbond substituents is 1. The molecule has 2 atom stereocenters. The van der Waals surface area contributed by atoms with Gasteiger partial charge in [-0.05, 0) is 41.0 Å². The second-order valence-corrected chi connectivity index (χ2v) is 9.39. The van der Waals surface area contributed by atoms with Gasteiger partial charge in [-0.3, -0.25) is 9.59 Å². The molecule has 0 bridgehead atoms. The van der Waals surface area contributed by atoms with E-state index in [4.69, 9.17) is 0 Å². The number of phenols is 1. The molecule has 11 heteroatoms. The third-order valence-electron chi connectivity index (χ3n) is 6.85. The number of halogens is 2. The minimum Gasteiger partial charge on any atom is -0.508 e. The van der Waals surface area contributed by atoms with Crippen LogP contribution >= 0.6 is 0 Å². The number of hydrogen-bond donors (Lipinski definition) is 2. The van der Waals surface area contributed by atoms with E-state index in [1.54, 1.807) is 54.6 Å². The first kappa shape index (κ1) is 26.1. The fraction of sp³-hybridized carbons (Fsp3) is 0.250. The molecule has 5 rings (SSSR count). The van der Waals surface area contributed by atoms with E-state index in [-0.39, 0.29) is 31.3 Å². The third kappa shape index (κ3) is 5.39. The predicted molar refractivity (Wildman–Crippen MR) is 136 cm³/mol. The Morgan fingerprint density at radius 2 is 1.62 bits per heavy atom. The summed E-state index contributed by atoms with van der Waals surface area (Å²) in [6.45, 7) is -1.39. The van der Waals surface area contributed by atoms with Crippen LogP contribution in [0.5, 0.6) is 5.75 Å². The highest BCUT2D eigenvalue weighted by Crippen LogP contribution is 2.35. The minimum atomic E-state index is -1.09. The first-order valence-electron chi connectivity index (χ1n) is 12.4. The SMILES string of the molecule is O=C1[C@H](c2ccccc2)N2C(=O)CN(CF)N(C(=O)NCc3ccc(O)cc3)[C@H]2CN1Cc1ccc(F)cc1. The van der Waals surface area contributed by atoms with E-state index in [1.807, 2.05) is 0 Å². The van der Waals surface area contributed by atoms with Crippen LogP contribution in [0.4, 0.5) is 13.6 Å². The van der Waals surface area contributed by atoms with Crippen molar-refractivity contribution in [2.75, 3.05) is 19.9 Å². The van der Waals surface area contributed by atoms with Gasteiger partial charge in [0.15, 0.2) is 6.80 Å². The summed E-state index contributed by atoms with van der Waals surface area (Å²) in [5.41, 5.74) is 1.93. The van der Waals surface area contributed by atoms with Crippen LogP contribution in [0.3, 0.4) is 0 Å². The van der Waals surface area contributed by atoms with Crippen LogP contribution in [0.15, 0.2) is 78.9 Å². The zero-order chi connectivity index (χ0) is 27.5. The number of benzene rings is 3. The molecular formula is C28H27F2N5O4. The van der Waals surface area contributed by atoms with Crippen molar-refractivity contribution in [3.63, 3.8) is 0 Å². The van der Waals surface area contributed by atoms with Crippen molar-refractivity contribution < 1.29 is 28.3 Å². The minimum absolute atomic E-state index is 0.0750. The summed E-state index contributed by atoms with van der Waals surface area (Å²) in [6, 6.07) is 19.0. The van der Waals surface area contributed by atoms with Gasteiger partial charge in [0.1, 0.15) is 30.3 Å². The van der Waals surface area contributed by atoms with Crippen molar-refractivity contribution in [3.8, 4) is 5.75 Å². The Balaban J connectivity index is 1.48. The van der Waals surface area contributed by atoms with Crippen LogP contribution in [0, 0.1) is 5.82 Å². The summed E-state index contributed by atoms with van der Waals surface area (Å²) >= 11 is 0. The summed E-state index contributed by atoms with van der Waals surface area (Å²) in [6.07, 6.45) is -0.995. The normalized spacial score (nSPS) is 19.7. The zero-order valence-electron chi connectivity index (χ0n) is 20.9. The number of hydrazine groups is 1. The molecule has 2 N–H and O–H groups in total. The summed E-state index contributed by atoms with van der Waals surface area (Å²) in [7, 11) is 0. The van der Waals surface area contributed by atoms with Crippen LogP contribution in [0.2, 0.25) is 0 Å². The van der Waals surface area contributed by atoms with Gasteiger partial charge in [-0.25, -0.2) is 18.6 Å². The summed E-state index contributed by atoms with van der Waals surface area (Å²) < 4.78 is 27.7. The second kappa shape index (κ2) is 11.1. The number of aromatic hydroxyl groups is 1. The Labute approximate surface area is 223 Å². The van der Waals surface area contributed by atoms with Gasteiger partial charge >= 0.3 is 6.03 Å². The Morgan fingerprint density at radius 3 is 2.28 bits per heavy atom. The maximum Gasteiger partial charge on any atom is 0.334 e. The quantitative estimate of drug-likeness (QED) is 0.473. The average molecular weight is 536 g/mol. The Kier molecular flexibility index (Phi) is 7.42. The van der Waals surface area contributed by atoms with E-state index in [9.17, 15) is 28.3 Å². The molecule has 4 amide bonds. The summed E-state index contributed by atoms with van der Waals surface area (Å²) in [5.74, 6) is -1.17. The number of carbonyl (C=O) groups excluding carboxylic acids is 3. The molecule has 2 aliphatic heterocycles. The number of rotatable bonds is 6. The number of urea groups is 1. The highest BCUT2D eigenvalue weighted by atomic mass is 19.1. The topological polar surface area (TPSA) is 96.4 Å². The highest BCUT2D eigenvalue weighted by molar-refractivity contribution is 5.92. The molecule has 2 heterocycles. The lowest BCUT2D eigenvalue weighted by atomic mass is 9.98. The largest absolute Gasteiger partial charge is 0.508 e. The van der Waals surface area contributed by atoms with Crippen LogP contribution in [0.25, 0.3) is 0 Å². The number of nitrogens with one attached hydrogen (secondary N) is 1. The van der Waals surface area contributed by atoms with Gasteiger partial charge < -0.3 is 20.2 Å². The molecule has 3 aromatic carbocycles. The molecule has 2 saturated heterocycles. The van der Waals surface area contributed by atoms with Crippen molar-refractivity contribution in [1.82, 2.24) is 25.1 Å². The molecule has 39 heavy (non-hydrogen) atoms. The number of hydrogen-bond acceptors (Lipinski definition) is 5. The van der Waals surface area contributed by atoms with Gasteiger partial charge in [0, 0.05) is 13.1 Å². The van der Waals surface area contributed by atoms with Gasteiger partial charge in [0.2, 0.25) is 5.91 Å². The van der Waals surface area contributed by atoms with Crippen molar-refractivity contribution in [3.05, 3.63) is 101 Å². The lowest BCUT2D eigenvalue weighted by Crippen LogP contribution is -2.74. The molecule has 3 aromatic rings. The summed E-state index contributed by atoms with van der Waals surface area (Å²) in [5, 5.41) is 14.4. The molecule has 2 aliphatic rings. The van der Waals surface area contributed by atoms with E-state index in [2.05, 4.69) is 5.32 Å². The van der Waals surface area contributed by atoms with E-state index in [0.29, 0.717) is 16.7 Å². The molecule has 9 nitrogen and oxygen atoms in total. The molecule has 202 valence electrons. The van der Waals surface area contributed by atoms with Crippen LogP contribution < -0.4 is 5.32 Å². The van der Waals surface area contributed by atoms with Crippen LogP contribution in [0.1, 0.15) is 22.7 Å². The maximum atomic E-state index is 14.2. The molecule has 0 unspecified atom stereocenters. The fourth-order valence-electron chi connectivity index (χ4n) is 4.97. The first-order chi connectivity index (χ1) is 18.9.